The molecule has 0 atom stereocenters. The van der Waals surface area contributed by atoms with Crippen LogP contribution in [0.25, 0.3) is 0 Å². The van der Waals surface area contributed by atoms with Crippen LogP contribution in [-0.4, -0.2) is 28.4 Å². The maximum Gasteiger partial charge on any atom is 0.249 e. The zero-order valence-corrected chi connectivity index (χ0v) is 16.2. The summed E-state index contributed by atoms with van der Waals surface area (Å²) >= 11 is 0. The van der Waals surface area contributed by atoms with Gasteiger partial charge in [-0.1, -0.05) is 32.9 Å². The van der Waals surface area contributed by atoms with Gasteiger partial charge in [-0.2, -0.15) is 10.1 Å². The molecule has 144 valence electrons. The highest BCUT2D eigenvalue weighted by Crippen LogP contribution is 2.33. The quantitative estimate of drug-likeness (QED) is 0.696. The van der Waals surface area contributed by atoms with Gasteiger partial charge < -0.3 is 20.1 Å². The number of nitrogens with one attached hydrogen (secondary N) is 2. The number of benzene rings is 2. The molecular weight excluding hydrogens is 354 g/mol. The van der Waals surface area contributed by atoms with Crippen LogP contribution < -0.4 is 20.1 Å². The first kappa shape index (κ1) is 18.0. The monoisotopic (exact) mass is 377 g/mol. The maximum absolute atomic E-state index is 5.61. The summed E-state index contributed by atoms with van der Waals surface area (Å²) in [4.78, 5) is 4.48. The standard InChI is InChI=1S/C21H23N5O2/c1-21(2,3)14-4-6-15(7-5-14)24-20-25-19(13-22-26-20)23-16-8-9-17-18(12-16)28-11-10-27-17/h4-9,12-13H,10-11H2,1-3H3,(H2,23,24,25,26). The third kappa shape index (κ3) is 4.14. The van der Waals surface area contributed by atoms with E-state index in [1.54, 1.807) is 6.20 Å². The molecule has 0 radical (unpaired) electrons. The number of aromatic nitrogens is 3. The van der Waals surface area contributed by atoms with Gasteiger partial charge >= 0.3 is 0 Å². The second kappa shape index (κ2) is 7.34. The third-order valence-electron chi connectivity index (χ3n) is 4.38. The Bertz CT molecular complexity index is 967. The van der Waals surface area contributed by atoms with Crippen LogP contribution in [0.2, 0.25) is 0 Å². The minimum absolute atomic E-state index is 0.115. The fraction of sp³-hybridized carbons (Fsp3) is 0.286. The van der Waals surface area contributed by atoms with Gasteiger partial charge in [-0.15, -0.1) is 5.10 Å². The van der Waals surface area contributed by atoms with Gasteiger partial charge in [0.2, 0.25) is 5.95 Å². The lowest BCUT2D eigenvalue weighted by Crippen LogP contribution is -2.15. The van der Waals surface area contributed by atoms with Crippen LogP contribution in [0.5, 0.6) is 11.5 Å². The van der Waals surface area contributed by atoms with Gasteiger partial charge in [0.05, 0.1) is 6.20 Å². The molecule has 0 saturated carbocycles. The highest BCUT2D eigenvalue weighted by molar-refractivity contribution is 5.62. The van der Waals surface area contributed by atoms with Gasteiger partial charge in [-0.05, 0) is 35.2 Å². The second-order valence-corrected chi connectivity index (χ2v) is 7.60. The van der Waals surface area contributed by atoms with Gasteiger partial charge in [0.1, 0.15) is 13.2 Å². The molecule has 1 aromatic heterocycles. The Balaban J connectivity index is 1.47. The van der Waals surface area contributed by atoms with Crippen molar-refractivity contribution in [2.75, 3.05) is 23.8 Å². The molecule has 7 heteroatoms. The van der Waals surface area contributed by atoms with Crippen molar-refractivity contribution in [1.29, 1.82) is 0 Å². The van der Waals surface area contributed by atoms with E-state index in [2.05, 4.69) is 58.7 Å². The van der Waals surface area contributed by atoms with E-state index in [1.165, 1.54) is 5.56 Å². The predicted molar refractivity (Wildman–Crippen MR) is 109 cm³/mol. The van der Waals surface area contributed by atoms with Gasteiger partial charge in [0.15, 0.2) is 17.3 Å². The van der Waals surface area contributed by atoms with Crippen LogP contribution in [-0.2, 0) is 5.41 Å². The molecule has 2 heterocycles. The Morgan fingerprint density at radius 1 is 0.857 bits per heavy atom. The van der Waals surface area contributed by atoms with E-state index in [0.717, 1.165) is 22.9 Å². The molecule has 0 aliphatic carbocycles. The molecule has 4 rings (SSSR count). The molecule has 1 aliphatic rings. The van der Waals surface area contributed by atoms with Crippen molar-refractivity contribution in [2.45, 2.75) is 26.2 Å². The second-order valence-electron chi connectivity index (χ2n) is 7.60. The molecular formula is C21H23N5O2. The SMILES string of the molecule is CC(C)(C)c1ccc(Nc2nncc(Nc3ccc4c(c3)OCCO4)n2)cc1. The Morgan fingerprint density at radius 2 is 1.57 bits per heavy atom. The van der Waals surface area contributed by atoms with Crippen molar-refractivity contribution >= 4 is 23.1 Å². The fourth-order valence-electron chi connectivity index (χ4n) is 2.87. The van der Waals surface area contributed by atoms with E-state index in [4.69, 9.17) is 9.47 Å². The summed E-state index contributed by atoms with van der Waals surface area (Å²) in [6, 6.07) is 13.9. The van der Waals surface area contributed by atoms with E-state index in [1.807, 2.05) is 30.3 Å². The molecule has 7 nitrogen and oxygen atoms in total. The fourth-order valence-corrected chi connectivity index (χ4v) is 2.87. The molecule has 0 saturated heterocycles. The highest BCUT2D eigenvalue weighted by Gasteiger charge is 2.14. The van der Waals surface area contributed by atoms with Gasteiger partial charge in [0, 0.05) is 17.4 Å². The summed E-state index contributed by atoms with van der Waals surface area (Å²) in [6.45, 7) is 7.69. The number of anilines is 4. The molecule has 28 heavy (non-hydrogen) atoms. The van der Waals surface area contributed by atoms with Crippen LogP contribution in [0, 0.1) is 0 Å². The molecule has 0 bridgehead atoms. The summed E-state index contributed by atoms with van der Waals surface area (Å²) in [5, 5.41) is 14.5. The van der Waals surface area contributed by atoms with Gasteiger partial charge in [-0.25, -0.2) is 0 Å². The van der Waals surface area contributed by atoms with Crippen LogP contribution in [0.4, 0.5) is 23.1 Å². The number of hydrogen-bond donors (Lipinski definition) is 2. The molecule has 0 unspecified atom stereocenters. The zero-order valence-electron chi connectivity index (χ0n) is 16.2. The van der Waals surface area contributed by atoms with Crippen LogP contribution in [0.15, 0.2) is 48.7 Å². The van der Waals surface area contributed by atoms with Crippen molar-refractivity contribution in [2.24, 2.45) is 0 Å². The van der Waals surface area contributed by atoms with E-state index in [0.29, 0.717) is 25.0 Å². The first-order valence-corrected chi connectivity index (χ1v) is 9.21. The topological polar surface area (TPSA) is 81.2 Å². The number of hydrogen-bond acceptors (Lipinski definition) is 7. The van der Waals surface area contributed by atoms with E-state index in [9.17, 15) is 0 Å². The lowest BCUT2D eigenvalue weighted by atomic mass is 9.87. The van der Waals surface area contributed by atoms with E-state index >= 15 is 0 Å². The van der Waals surface area contributed by atoms with Crippen LogP contribution in [0.1, 0.15) is 26.3 Å². The summed E-state index contributed by atoms with van der Waals surface area (Å²) < 4.78 is 11.2. The molecule has 0 spiro atoms. The van der Waals surface area contributed by atoms with Gasteiger partial charge in [-0.3, -0.25) is 0 Å². The minimum Gasteiger partial charge on any atom is -0.486 e. The van der Waals surface area contributed by atoms with Crippen LogP contribution >= 0.6 is 0 Å². The maximum atomic E-state index is 5.61. The third-order valence-corrected chi connectivity index (χ3v) is 4.38. The average molecular weight is 377 g/mol. The van der Waals surface area contributed by atoms with Crippen molar-refractivity contribution < 1.29 is 9.47 Å². The molecule has 0 fully saturated rings. The Hall–Kier alpha value is -3.35. The first-order valence-electron chi connectivity index (χ1n) is 9.21. The number of nitrogens with zero attached hydrogens (tertiary/aromatic N) is 3. The smallest absolute Gasteiger partial charge is 0.249 e. The van der Waals surface area contributed by atoms with Crippen molar-refractivity contribution in [1.82, 2.24) is 15.2 Å². The normalized spacial score (nSPS) is 13.1. The number of ether oxygens (including phenoxy) is 2. The number of rotatable bonds is 4. The summed E-state index contributed by atoms with van der Waals surface area (Å²) in [7, 11) is 0. The molecule has 2 N–H and O–H groups in total. The molecule has 2 aromatic carbocycles. The van der Waals surface area contributed by atoms with E-state index in [-0.39, 0.29) is 5.41 Å². The lowest BCUT2D eigenvalue weighted by Gasteiger charge is -2.19. The summed E-state index contributed by atoms with van der Waals surface area (Å²) in [5.74, 6) is 2.47. The largest absolute Gasteiger partial charge is 0.486 e. The minimum atomic E-state index is 0.115. The Kier molecular flexibility index (Phi) is 4.73. The van der Waals surface area contributed by atoms with Crippen LogP contribution in [0.3, 0.4) is 0 Å². The zero-order chi connectivity index (χ0) is 19.6. The predicted octanol–water partition coefficient (Wildman–Crippen LogP) is 4.43. The first-order chi connectivity index (χ1) is 13.5. The highest BCUT2D eigenvalue weighted by atomic mass is 16.6. The Labute approximate surface area is 164 Å². The van der Waals surface area contributed by atoms with Crippen molar-refractivity contribution in [3.05, 3.63) is 54.2 Å². The summed E-state index contributed by atoms with van der Waals surface area (Å²) in [6.07, 6.45) is 1.57. The lowest BCUT2D eigenvalue weighted by molar-refractivity contribution is 0.171. The van der Waals surface area contributed by atoms with Crippen molar-refractivity contribution in [3.8, 4) is 11.5 Å². The number of fused-ring (bicyclic) bond motifs is 1. The molecule has 3 aromatic rings. The van der Waals surface area contributed by atoms with E-state index < -0.39 is 0 Å². The molecule has 0 amide bonds. The summed E-state index contributed by atoms with van der Waals surface area (Å²) in [5.41, 5.74) is 3.13. The Morgan fingerprint density at radius 3 is 2.32 bits per heavy atom. The average Bonchev–Trinajstić information content (AvgIpc) is 2.68. The van der Waals surface area contributed by atoms with Gasteiger partial charge in [0.25, 0.3) is 0 Å². The molecule has 1 aliphatic heterocycles. The van der Waals surface area contributed by atoms with Crippen molar-refractivity contribution in [3.63, 3.8) is 0 Å².